The average molecular weight is 211 g/mol. The predicted octanol–water partition coefficient (Wildman–Crippen LogP) is 0.824. The number of aliphatic hydroxyl groups excluding tert-OH is 1. The van der Waals surface area contributed by atoms with Crippen molar-refractivity contribution in [1.82, 2.24) is 9.97 Å². The molecule has 1 saturated heterocycles. The van der Waals surface area contributed by atoms with E-state index in [1.54, 1.807) is 0 Å². The molecule has 1 aliphatic heterocycles. The van der Waals surface area contributed by atoms with Crippen molar-refractivity contribution in [2.75, 3.05) is 24.6 Å². The van der Waals surface area contributed by atoms with Crippen molar-refractivity contribution in [3.05, 3.63) is 18.3 Å². The van der Waals surface area contributed by atoms with Crippen molar-refractivity contribution in [3.8, 4) is 0 Å². The molecule has 0 bridgehead atoms. The number of aliphatic hydroxyl groups is 1. The van der Waals surface area contributed by atoms with E-state index in [1.165, 1.54) is 12.4 Å². The molecule has 0 radical (unpaired) electrons. The second kappa shape index (κ2) is 4.53. The van der Waals surface area contributed by atoms with Crippen LogP contribution in [0, 0.1) is 11.9 Å². The van der Waals surface area contributed by atoms with Gasteiger partial charge in [0.15, 0.2) is 0 Å². The molecule has 15 heavy (non-hydrogen) atoms. The van der Waals surface area contributed by atoms with Gasteiger partial charge < -0.3 is 10.0 Å². The highest BCUT2D eigenvalue weighted by Gasteiger charge is 2.19. The van der Waals surface area contributed by atoms with E-state index >= 15 is 0 Å². The lowest BCUT2D eigenvalue weighted by Crippen LogP contribution is -2.35. The molecule has 1 fully saturated rings. The maximum absolute atomic E-state index is 12.8. The summed E-state index contributed by atoms with van der Waals surface area (Å²) in [5, 5.41) is 8.99. The lowest BCUT2D eigenvalue weighted by atomic mass is 9.98. The number of piperidine rings is 1. The minimum Gasteiger partial charge on any atom is -0.396 e. The van der Waals surface area contributed by atoms with Crippen LogP contribution in [0.15, 0.2) is 12.4 Å². The molecule has 2 heterocycles. The van der Waals surface area contributed by atoms with Crippen LogP contribution in [0.25, 0.3) is 0 Å². The molecule has 1 N–H and O–H groups in total. The van der Waals surface area contributed by atoms with Gasteiger partial charge in [0.1, 0.15) is 12.1 Å². The van der Waals surface area contributed by atoms with Crippen LogP contribution in [0.1, 0.15) is 12.8 Å². The number of rotatable bonds is 2. The Morgan fingerprint density at radius 2 is 2.13 bits per heavy atom. The lowest BCUT2D eigenvalue weighted by molar-refractivity contribution is 0.202. The third kappa shape index (κ3) is 2.41. The Labute approximate surface area is 87.8 Å². The highest BCUT2D eigenvalue weighted by Crippen LogP contribution is 2.20. The molecule has 0 amide bonds. The first-order chi connectivity index (χ1) is 7.29. The second-order valence-electron chi connectivity index (χ2n) is 3.81. The van der Waals surface area contributed by atoms with E-state index in [9.17, 15) is 4.39 Å². The first-order valence-electron chi connectivity index (χ1n) is 5.13. The molecule has 5 heteroatoms. The van der Waals surface area contributed by atoms with Gasteiger partial charge >= 0.3 is 0 Å². The van der Waals surface area contributed by atoms with E-state index in [0.717, 1.165) is 25.9 Å². The van der Waals surface area contributed by atoms with Gasteiger partial charge in [0.2, 0.25) is 5.95 Å². The third-order valence-electron chi connectivity index (χ3n) is 2.82. The number of hydrogen-bond acceptors (Lipinski definition) is 4. The van der Waals surface area contributed by atoms with Crippen LogP contribution < -0.4 is 4.90 Å². The van der Waals surface area contributed by atoms with Gasteiger partial charge in [-0.25, -0.2) is 9.97 Å². The van der Waals surface area contributed by atoms with Gasteiger partial charge in [0.25, 0.3) is 0 Å². The molecule has 0 atom stereocenters. The maximum atomic E-state index is 12.8. The van der Waals surface area contributed by atoms with Crippen LogP contribution in [0.5, 0.6) is 0 Å². The van der Waals surface area contributed by atoms with Crippen LogP contribution in [0.3, 0.4) is 0 Å². The van der Waals surface area contributed by atoms with E-state index in [-0.39, 0.29) is 6.61 Å². The van der Waals surface area contributed by atoms with E-state index in [0.29, 0.717) is 11.7 Å². The Balaban J connectivity index is 2.01. The van der Waals surface area contributed by atoms with Gasteiger partial charge in [-0.1, -0.05) is 0 Å². The third-order valence-corrected chi connectivity index (χ3v) is 2.82. The Morgan fingerprint density at radius 1 is 1.40 bits per heavy atom. The van der Waals surface area contributed by atoms with Crippen LogP contribution in [-0.4, -0.2) is 34.8 Å². The molecule has 0 saturated carbocycles. The fourth-order valence-electron chi connectivity index (χ4n) is 1.84. The smallest absolute Gasteiger partial charge is 0.218 e. The van der Waals surface area contributed by atoms with Crippen molar-refractivity contribution in [3.63, 3.8) is 0 Å². The Bertz CT molecular complexity index is 326. The summed E-state index contributed by atoms with van der Waals surface area (Å²) in [5.41, 5.74) is 0. The van der Waals surface area contributed by atoms with Gasteiger partial charge in [0.05, 0.1) is 0 Å². The number of halogens is 1. The fraction of sp³-hybridized carbons (Fsp3) is 0.600. The summed E-state index contributed by atoms with van der Waals surface area (Å²) in [6.45, 7) is 1.88. The van der Waals surface area contributed by atoms with Crippen molar-refractivity contribution in [2.24, 2.45) is 5.92 Å². The Morgan fingerprint density at radius 3 is 2.73 bits per heavy atom. The minimum absolute atomic E-state index is 0.242. The number of hydrogen-bond donors (Lipinski definition) is 1. The van der Waals surface area contributed by atoms with Crippen molar-refractivity contribution < 1.29 is 9.50 Å². The SMILES string of the molecule is OCC1CCN(c2cc(F)ncn2)CC1. The zero-order valence-corrected chi connectivity index (χ0v) is 8.43. The molecule has 0 spiro atoms. The monoisotopic (exact) mass is 211 g/mol. The fourth-order valence-corrected chi connectivity index (χ4v) is 1.84. The molecule has 1 aromatic heterocycles. The van der Waals surface area contributed by atoms with E-state index < -0.39 is 5.95 Å². The van der Waals surface area contributed by atoms with Gasteiger partial charge in [-0.3, -0.25) is 0 Å². The predicted molar refractivity (Wildman–Crippen MR) is 54.0 cm³/mol. The highest BCUT2D eigenvalue weighted by atomic mass is 19.1. The van der Waals surface area contributed by atoms with Crippen LogP contribution in [0.4, 0.5) is 10.2 Å². The average Bonchev–Trinajstić information content (AvgIpc) is 2.29. The number of anilines is 1. The minimum atomic E-state index is -0.496. The van der Waals surface area contributed by atoms with Gasteiger partial charge in [0, 0.05) is 25.8 Å². The molecule has 0 unspecified atom stereocenters. The van der Waals surface area contributed by atoms with Crippen molar-refractivity contribution in [2.45, 2.75) is 12.8 Å². The first-order valence-corrected chi connectivity index (χ1v) is 5.13. The highest BCUT2D eigenvalue weighted by molar-refractivity contribution is 5.37. The standard InChI is InChI=1S/C10H14FN3O/c11-9-5-10(13-7-12-9)14-3-1-8(6-15)2-4-14/h5,7-8,15H,1-4,6H2. The Kier molecular flexibility index (Phi) is 3.11. The second-order valence-corrected chi connectivity index (χ2v) is 3.81. The number of aromatic nitrogens is 2. The maximum Gasteiger partial charge on any atom is 0.218 e. The Hall–Kier alpha value is -1.23. The normalized spacial score (nSPS) is 18.1. The zero-order chi connectivity index (χ0) is 10.7. The van der Waals surface area contributed by atoms with Gasteiger partial charge in [-0.15, -0.1) is 0 Å². The van der Waals surface area contributed by atoms with Crippen LogP contribution in [0.2, 0.25) is 0 Å². The van der Waals surface area contributed by atoms with Crippen molar-refractivity contribution >= 4 is 5.82 Å². The van der Waals surface area contributed by atoms with E-state index in [1.807, 2.05) is 4.90 Å². The lowest BCUT2D eigenvalue weighted by Gasteiger charge is -2.31. The molecular formula is C10H14FN3O. The van der Waals surface area contributed by atoms with Crippen LogP contribution in [-0.2, 0) is 0 Å². The summed E-state index contributed by atoms with van der Waals surface area (Å²) in [7, 11) is 0. The molecule has 4 nitrogen and oxygen atoms in total. The molecule has 0 aliphatic carbocycles. The molecule has 82 valence electrons. The van der Waals surface area contributed by atoms with Gasteiger partial charge in [-0.2, -0.15) is 4.39 Å². The van der Waals surface area contributed by atoms with Crippen molar-refractivity contribution in [1.29, 1.82) is 0 Å². The molecule has 1 aliphatic rings. The largest absolute Gasteiger partial charge is 0.396 e. The summed E-state index contributed by atoms with van der Waals surface area (Å²) < 4.78 is 12.8. The summed E-state index contributed by atoms with van der Waals surface area (Å²) in [6, 6.07) is 1.35. The molecule has 0 aromatic carbocycles. The van der Waals surface area contributed by atoms with Crippen LogP contribution >= 0.6 is 0 Å². The first kappa shape index (κ1) is 10.3. The molecule has 2 rings (SSSR count). The van der Waals surface area contributed by atoms with Gasteiger partial charge in [-0.05, 0) is 18.8 Å². The summed E-state index contributed by atoms with van der Waals surface area (Å²) in [6.07, 6.45) is 3.10. The molecule has 1 aromatic rings. The summed E-state index contributed by atoms with van der Waals surface area (Å²) in [4.78, 5) is 9.47. The van der Waals surface area contributed by atoms with E-state index in [2.05, 4.69) is 9.97 Å². The quantitative estimate of drug-likeness (QED) is 0.736. The number of nitrogens with zero attached hydrogens (tertiary/aromatic N) is 3. The van der Waals surface area contributed by atoms with E-state index in [4.69, 9.17) is 5.11 Å². The molecular weight excluding hydrogens is 197 g/mol. The summed E-state index contributed by atoms with van der Waals surface area (Å²) in [5.74, 6) is 0.524. The summed E-state index contributed by atoms with van der Waals surface area (Å²) >= 11 is 0. The zero-order valence-electron chi connectivity index (χ0n) is 8.43. The topological polar surface area (TPSA) is 49.2 Å².